The van der Waals surface area contributed by atoms with Crippen molar-refractivity contribution in [2.24, 2.45) is 4.99 Å². The van der Waals surface area contributed by atoms with Crippen LogP contribution in [0.5, 0.6) is 0 Å². The molecule has 0 spiro atoms. The van der Waals surface area contributed by atoms with Crippen LogP contribution < -0.4 is 16.0 Å². The molecule has 0 saturated heterocycles. The zero-order valence-corrected chi connectivity index (χ0v) is 10.4. The van der Waals surface area contributed by atoms with Crippen LogP contribution >= 0.6 is 0 Å². The maximum absolute atomic E-state index is 11.3. The minimum Gasteiger partial charge on any atom is -0.468 e. The SMILES string of the molecule is COC(=NC(=O)NCCC#N)NC(=O)NCCC#N. The van der Waals surface area contributed by atoms with Crippen LogP contribution in [0, 0.1) is 22.7 Å². The molecule has 0 unspecified atom stereocenters. The molecule has 102 valence electrons. The lowest BCUT2D eigenvalue weighted by atomic mass is 10.5. The third-order valence-corrected chi connectivity index (χ3v) is 1.65. The Morgan fingerprint density at radius 3 is 2.26 bits per heavy atom. The Kier molecular flexibility index (Phi) is 8.82. The van der Waals surface area contributed by atoms with Gasteiger partial charge < -0.3 is 15.4 Å². The van der Waals surface area contributed by atoms with E-state index in [0.717, 1.165) is 0 Å². The summed E-state index contributed by atoms with van der Waals surface area (Å²) >= 11 is 0. The van der Waals surface area contributed by atoms with Crippen LogP contribution in [0.15, 0.2) is 4.99 Å². The Bertz CT molecular complexity index is 420. The molecule has 4 amide bonds. The van der Waals surface area contributed by atoms with Crippen molar-refractivity contribution in [1.82, 2.24) is 16.0 Å². The van der Waals surface area contributed by atoms with Gasteiger partial charge in [0.1, 0.15) is 0 Å². The third-order valence-electron chi connectivity index (χ3n) is 1.65. The maximum atomic E-state index is 11.3. The molecule has 0 aromatic heterocycles. The Balaban J connectivity index is 4.18. The molecule has 0 rings (SSSR count). The summed E-state index contributed by atoms with van der Waals surface area (Å²) in [5.74, 6) is 0. The molecule has 0 aliphatic heterocycles. The van der Waals surface area contributed by atoms with Crippen molar-refractivity contribution in [1.29, 1.82) is 10.5 Å². The summed E-state index contributed by atoms with van der Waals surface area (Å²) in [7, 11) is 1.23. The molecule has 9 heteroatoms. The zero-order chi connectivity index (χ0) is 14.5. The van der Waals surface area contributed by atoms with Crippen LogP contribution in [0.3, 0.4) is 0 Å². The number of amides is 4. The molecular weight excluding hydrogens is 252 g/mol. The van der Waals surface area contributed by atoms with Gasteiger partial charge in [-0.25, -0.2) is 9.59 Å². The van der Waals surface area contributed by atoms with Crippen molar-refractivity contribution in [3.8, 4) is 12.1 Å². The number of amidine groups is 1. The highest BCUT2D eigenvalue weighted by Gasteiger charge is 2.07. The predicted molar refractivity (Wildman–Crippen MR) is 64.8 cm³/mol. The first-order valence-corrected chi connectivity index (χ1v) is 5.33. The van der Waals surface area contributed by atoms with Crippen LogP contribution in [0.25, 0.3) is 0 Å². The molecule has 0 fully saturated rings. The number of urea groups is 2. The lowest BCUT2D eigenvalue weighted by molar-refractivity contribution is 0.241. The van der Waals surface area contributed by atoms with Crippen molar-refractivity contribution in [2.45, 2.75) is 12.8 Å². The fourth-order valence-corrected chi connectivity index (χ4v) is 0.855. The van der Waals surface area contributed by atoms with Crippen LogP contribution in [-0.2, 0) is 4.74 Å². The number of rotatable bonds is 4. The van der Waals surface area contributed by atoms with Crippen molar-refractivity contribution >= 4 is 18.1 Å². The van der Waals surface area contributed by atoms with E-state index in [1.807, 2.05) is 12.1 Å². The molecule has 19 heavy (non-hydrogen) atoms. The third kappa shape index (κ3) is 8.94. The Morgan fingerprint density at radius 1 is 1.16 bits per heavy atom. The summed E-state index contributed by atoms with van der Waals surface area (Å²) in [6.45, 7) is 0.331. The van der Waals surface area contributed by atoms with Crippen LogP contribution in [0.1, 0.15) is 12.8 Å². The summed E-state index contributed by atoms with van der Waals surface area (Å²) in [6, 6.07) is 2.05. The number of carbonyl (C=O) groups excluding carboxylic acids is 2. The summed E-state index contributed by atoms with van der Waals surface area (Å²) < 4.78 is 4.69. The van der Waals surface area contributed by atoms with Gasteiger partial charge in [-0.3, -0.25) is 5.32 Å². The predicted octanol–water partition coefficient (Wildman–Crippen LogP) is -0.175. The van der Waals surface area contributed by atoms with Gasteiger partial charge in [-0.05, 0) is 0 Å². The van der Waals surface area contributed by atoms with E-state index in [-0.39, 0.29) is 32.0 Å². The first-order valence-electron chi connectivity index (χ1n) is 5.33. The van der Waals surface area contributed by atoms with Gasteiger partial charge in [0.05, 0.1) is 32.1 Å². The quantitative estimate of drug-likeness (QED) is 0.368. The zero-order valence-electron chi connectivity index (χ0n) is 10.4. The number of nitriles is 2. The van der Waals surface area contributed by atoms with Crippen LogP contribution in [0.4, 0.5) is 9.59 Å². The molecule has 0 aliphatic rings. The second-order valence-electron chi connectivity index (χ2n) is 3.05. The van der Waals surface area contributed by atoms with Gasteiger partial charge in [0.25, 0.3) is 0 Å². The number of methoxy groups -OCH3 is 1. The van der Waals surface area contributed by atoms with Crippen molar-refractivity contribution in [3.63, 3.8) is 0 Å². The van der Waals surface area contributed by atoms with Gasteiger partial charge in [-0.2, -0.15) is 10.5 Å². The maximum Gasteiger partial charge on any atom is 0.345 e. The highest BCUT2D eigenvalue weighted by Crippen LogP contribution is 1.82. The lowest BCUT2D eigenvalue weighted by Gasteiger charge is -2.07. The topological polar surface area (TPSA) is 139 Å². The van der Waals surface area contributed by atoms with E-state index >= 15 is 0 Å². The van der Waals surface area contributed by atoms with Gasteiger partial charge in [-0.15, -0.1) is 4.99 Å². The second kappa shape index (κ2) is 10.4. The van der Waals surface area contributed by atoms with Crippen LogP contribution in [0.2, 0.25) is 0 Å². The van der Waals surface area contributed by atoms with Crippen LogP contribution in [-0.4, -0.2) is 38.3 Å². The molecule has 0 radical (unpaired) electrons. The number of carbonyl (C=O) groups is 2. The largest absolute Gasteiger partial charge is 0.468 e. The molecule has 0 atom stereocenters. The Labute approximate surface area is 110 Å². The fraction of sp³-hybridized carbons (Fsp3) is 0.500. The first-order chi connectivity index (χ1) is 9.13. The average molecular weight is 266 g/mol. The number of ether oxygens (including phenoxy) is 1. The number of hydrogen-bond donors (Lipinski definition) is 3. The minimum atomic E-state index is -0.732. The molecule has 3 N–H and O–H groups in total. The van der Waals surface area contributed by atoms with Gasteiger partial charge >= 0.3 is 18.1 Å². The monoisotopic (exact) mass is 266 g/mol. The fourth-order valence-electron chi connectivity index (χ4n) is 0.855. The number of nitrogens with one attached hydrogen (secondary N) is 3. The van der Waals surface area contributed by atoms with E-state index < -0.39 is 12.1 Å². The van der Waals surface area contributed by atoms with Gasteiger partial charge in [0, 0.05) is 13.1 Å². The van der Waals surface area contributed by atoms with E-state index in [4.69, 9.17) is 15.3 Å². The Hall–Kier alpha value is -2.81. The molecule has 0 aromatic rings. The summed E-state index contributed by atoms with van der Waals surface area (Å²) in [5.41, 5.74) is 0. The smallest absolute Gasteiger partial charge is 0.345 e. The molecule has 0 saturated carbocycles. The summed E-state index contributed by atoms with van der Waals surface area (Å²) in [4.78, 5) is 25.9. The number of aliphatic imine (C=N–C) groups is 1. The van der Waals surface area contributed by atoms with Gasteiger partial charge in [0.15, 0.2) is 0 Å². The number of nitrogens with zero attached hydrogens (tertiary/aromatic N) is 3. The summed E-state index contributed by atoms with van der Waals surface area (Å²) in [6.07, 6.45) is 0.327. The highest BCUT2D eigenvalue weighted by atomic mass is 16.5. The normalized spacial score (nSPS) is 9.74. The summed E-state index contributed by atoms with van der Waals surface area (Å²) in [5, 5.41) is 23.4. The van der Waals surface area contributed by atoms with E-state index in [9.17, 15) is 9.59 Å². The average Bonchev–Trinajstić information content (AvgIpc) is 2.38. The Morgan fingerprint density at radius 2 is 1.74 bits per heavy atom. The van der Waals surface area contributed by atoms with Crippen molar-refractivity contribution in [3.05, 3.63) is 0 Å². The molecule has 0 aromatic carbocycles. The minimum absolute atomic E-state index is 0.157. The molecular formula is C10H14N6O3. The van der Waals surface area contributed by atoms with Crippen molar-refractivity contribution in [2.75, 3.05) is 20.2 Å². The first kappa shape index (κ1) is 16.2. The number of hydrogen-bond acceptors (Lipinski definition) is 5. The van der Waals surface area contributed by atoms with E-state index in [0.29, 0.717) is 0 Å². The van der Waals surface area contributed by atoms with E-state index in [2.05, 4.69) is 20.9 Å². The molecule has 0 aliphatic carbocycles. The van der Waals surface area contributed by atoms with E-state index in [1.54, 1.807) is 0 Å². The van der Waals surface area contributed by atoms with E-state index in [1.165, 1.54) is 7.11 Å². The second-order valence-corrected chi connectivity index (χ2v) is 3.05. The molecule has 0 heterocycles. The van der Waals surface area contributed by atoms with Gasteiger partial charge in [-0.1, -0.05) is 0 Å². The highest BCUT2D eigenvalue weighted by molar-refractivity contribution is 5.98. The molecule has 9 nitrogen and oxygen atoms in total. The molecule has 0 bridgehead atoms. The van der Waals surface area contributed by atoms with Crippen molar-refractivity contribution < 1.29 is 14.3 Å². The lowest BCUT2D eigenvalue weighted by Crippen LogP contribution is -2.41. The standard InChI is InChI=1S/C10H14N6O3/c1-19-10(15-8(17)13-6-2-4-11)16-9(18)14-7-3-5-12/h2-3,6-7H2,1H3,(H3,13,14,15,16,17,18). The van der Waals surface area contributed by atoms with Gasteiger partial charge in [0.2, 0.25) is 0 Å².